The van der Waals surface area contributed by atoms with Crippen LogP contribution in [0.1, 0.15) is 11.1 Å². The molecule has 0 aliphatic heterocycles. The van der Waals surface area contributed by atoms with Crippen molar-refractivity contribution in [3.8, 4) is 0 Å². The van der Waals surface area contributed by atoms with E-state index in [1.54, 1.807) is 50.2 Å². The molecule has 0 aliphatic carbocycles. The highest BCUT2D eigenvalue weighted by Gasteiger charge is 2.25. The zero-order valence-corrected chi connectivity index (χ0v) is 16.0. The lowest BCUT2D eigenvalue weighted by Crippen LogP contribution is -2.09. The molecule has 3 aromatic rings. The normalized spacial score (nSPS) is 12.1. The third kappa shape index (κ3) is 3.18. The van der Waals surface area contributed by atoms with Gasteiger partial charge in [0.2, 0.25) is 19.7 Å². The molecule has 0 aromatic heterocycles. The van der Waals surface area contributed by atoms with E-state index in [4.69, 9.17) is 0 Å². The van der Waals surface area contributed by atoms with Crippen molar-refractivity contribution in [2.75, 3.05) is 0 Å². The molecule has 134 valence electrons. The largest absolute Gasteiger partial charge is 0.219 e. The van der Waals surface area contributed by atoms with Gasteiger partial charge in [-0.2, -0.15) is 0 Å². The molecule has 3 aromatic carbocycles. The molecule has 0 radical (unpaired) electrons. The zero-order valence-electron chi connectivity index (χ0n) is 14.4. The summed E-state index contributed by atoms with van der Waals surface area (Å²) in [5.74, 6) is 0. The van der Waals surface area contributed by atoms with Gasteiger partial charge >= 0.3 is 0 Å². The SMILES string of the molecule is Cc1cc(S(=O)(=O)c2ccccc2)c(C)cc1S(=O)(=O)c1ccccc1. The average molecular weight is 386 g/mol. The Kier molecular flexibility index (Phi) is 4.73. The number of rotatable bonds is 4. The van der Waals surface area contributed by atoms with Crippen LogP contribution in [0.5, 0.6) is 0 Å². The molecule has 0 N–H and O–H groups in total. The van der Waals surface area contributed by atoms with Crippen LogP contribution in [0.3, 0.4) is 0 Å². The van der Waals surface area contributed by atoms with Gasteiger partial charge in [0.05, 0.1) is 19.6 Å². The van der Waals surface area contributed by atoms with Crippen LogP contribution >= 0.6 is 0 Å². The van der Waals surface area contributed by atoms with Crippen molar-refractivity contribution in [3.05, 3.63) is 83.9 Å². The first kappa shape index (κ1) is 18.4. The van der Waals surface area contributed by atoms with Crippen LogP contribution in [0.4, 0.5) is 0 Å². The van der Waals surface area contributed by atoms with Gasteiger partial charge in [0, 0.05) is 0 Å². The van der Waals surface area contributed by atoms with Crippen molar-refractivity contribution in [1.82, 2.24) is 0 Å². The lowest BCUT2D eigenvalue weighted by Gasteiger charge is -2.13. The number of aryl methyl sites for hydroxylation is 2. The number of hydrogen-bond donors (Lipinski definition) is 0. The molecule has 0 aliphatic rings. The Morgan fingerprint density at radius 1 is 0.538 bits per heavy atom. The van der Waals surface area contributed by atoms with E-state index in [0.717, 1.165) is 0 Å². The number of sulfone groups is 2. The third-order valence-corrected chi connectivity index (χ3v) is 7.98. The van der Waals surface area contributed by atoms with Crippen molar-refractivity contribution >= 4 is 19.7 Å². The summed E-state index contributed by atoms with van der Waals surface area (Å²) in [6.45, 7) is 3.22. The highest BCUT2D eigenvalue weighted by molar-refractivity contribution is 7.92. The quantitative estimate of drug-likeness (QED) is 0.680. The standard InChI is InChI=1S/C20H18O4S2/c1-15-13-20(26(23,24)18-11-7-4-8-12-18)16(2)14-19(15)25(21,22)17-9-5-3-6-10-17/h3-14H,1-2H3. The molecule has 0 spiro atoms. The topological polar surface area (TPSA) is 68.3 Å². The van der Waals surface area contributed by atoms with Crippen LogP contribution < -0.4 is 0 Å². The molecular weight excluding hydrogens is 368 g/mol. The van der Waals surface area contributed by atoms with Crippen LogP contribution in [0, 0.1) is 13.8 Å². The van der Waals surface area contributed by atoms with E-state index in [9.17, 15) is 16.8 Å². The van der Waals surface area contributed by atoms with Gasteiger partial charge in [-0.05, 0) is 61.4 Å². The minimum atomic E-state index is -3.71. The van der Waals surface area contributed by atoms with Crippen molar-refractivity contribution in [2.24, 2.45) is 0 Å². The maximum Gasteiger partial charge on any atom is 0.206 e. The van der Waals surface area contributed by atoms with Crippen molar-refractivity contribution in [1.29, 1.82) is 0 Å². The molecule has 0 amide bonds. The van der Waals surface area contributed by atoms with Crippen LogP contribution in [0.2, 0.25) is 0 Å². The zero-order chi connectivity index (χ0) is 18.9. The fourth-order valence-electron chi connectivity index (χ4n) is 2.80. The van der Waals surface area contributed by atoms with E-state index in [1.165, 1.54) is 36.4 Å². The fraction of sp³-hybridized carbons (Fsp3) is 0.100. The molecular formula is C20H18O4S2. The fourth-order valence-corrected chi connectivity index (χ4v) is 5.96. The molecule has 0 bridgehead atoms. The van der Waals surface area contributed by atoms with Crippen molar-refractivity contribution in [3.63, 3.8) is 0 Å². The van der Waals surface area contributed by atoms with Crippen LogP contribution in [-0.2, 0) is 19.7 Å². The first-order valence-corrected chi connectivity index (χ1v) is 10.9. The van der Waals surface area contributed by atoms with E-state index in [0.29, 0.717) is 11.1 Å². The summed E-state index contributed by atoms with van der Waals surface area (Å²) in [5, 5.41) is 0. The van der Waals surface area contributed by atoms with Crippen molar-refractivity contribution < 1.29 is 16.8 Å². The molecule has 0 unspecified atom stereocenters. The van der Waals surface area contributed by atoms with Gasteiger partial charge in [0.15, 0.2) is 0 Å². The Balaban J connectivity index is 2.17. The molecule has 0 heterocycles. The van der Waals surface area contributed by atoms with Gasteiger partial charge in [-0.1, -0.05) is 36.4 Å². The molecule has 0 saturated heterocycles. The summed E-state index contributed by atoms with van der Waals surface area (Å²) in [7, 11) is -7.43. The predicted molar refractivity (Wildman–Crippen MR) is 99.7 cm³/mol. The lowest BCUT2D eigenvalue weighted by molar-refractivity contribution is 0.591. The van der Waals surface area contributed by atoms with E-state index < -0.39 is 19.7 Å². The monoisotopic (exact) mass is 386 g/mol. The average Bonchev–Trinajstić information content (AvgIpc) is 2.64. The van der Waals surface area contributed by atoms with Gasteiger partial charge in [-0.3, -0.25) is 0 Å². The Labute approximate surface area is 154 Å². The smallest absolute Gasteiger partial charge is 0.206 e. The maximum absolute atomic E-state index is 12.9. The number of benzene rings is 3. The van der Waals surface area contributed by atoms with Crippen LogP contribution in [0.15, 0.2) is 92.4 Å². The Morgan fingerprint density at radius 2 is 0.846 bits per heavy atom. The minimum Gasteiger partial charge on any atom is -0.219 e. The lowest BCUT2D eigenvalue weighted by atomic mass is 10.2. The second-order valence-corrected chi connectivity index (χ2v) is 9.85. The summed E-state index contributed by atoms with van der Waals surface area (Å²) >= 11 is 0. The summed E-state index contributed by atoms with van der Waals surface area (Å²) in [4.78, 5) is 0.601. The van der Waals surface area contributed by atoms with Crippen LogP contribution in [-0.4, -0.2) is 16.8 Å². The Hall–Kier alpha value is -2.44. The summed E-state index contributed by atoms with van der Waals surface area (Å²) in [5.41, 5.74) is 0.794. The van der Waals surface area contributed by atoms with Gasteiger partial charge in [0.25, 0.3) is 0 Å². The van der Waals surface area contributed by atoms with Gasteiger partial charge in [-0.15, -0.1) is 0 Å². The molecule has 0 fully saturated rings. The highest BCUT2D eigenvalue weighted by atomic mass is 32.2. The van der Waals surface area contributed by atoms with Gasteiger partial charge < -0.3 is 0 Å². The predicted octanol–water partition coefficient (Wildman–Crippen LogP) is 3.97. The molecule has 0 atom stereocenters. The Morgan fingerprint density at radius 3 is 1.15 bits per heavy atom. The molecule has 0 saturated carbocycles. The van der Waals surface area contributed by atoms with E-state index >= 15 is 0 Å². The van der Waals surface area contributed by atoms with E-state index in [2.05, 4.69) is 0 Å². The number of hydrogen-bond acceptors (Lipinski definition) is 4. The molecule has 3 rings (SSSR count). The van der Waals surface area contributed by atoms with Crippen molar-refractivity contribution in [2.45, 2.75) is 33.4 Å². The second-order valence-electron chi connectivity index (χ2n) is 6.02. The first-order valence-electron chi connectivity index (χ1n) is 7.96. The molecule has 6 heteroatoms. The molecule has 26 heavy (non-hydrogen) atoms. The third-order valence-electron chi connectivity index (χ3n) is 4.16. The van der Waals surface area contributed by atoms with Crippen LogP contribution in [0.25, 0.3) is 0 Å². The summed E-state index contributed by atoms with van der Waals surface area (Å²) in [6, 6.07) is 19.1. The Bertz CT molecular complexity index is 1050. The summed E-state index contributed by atoms with van der Waals surface area (Å²) in [6.07, 6.45) is 0. The molecule has 4 nitrogen and oxygen atoms in total. The van der Waals surface area contributed by atoms with E-state index in [1.807, 2.05) is 0 Å². The first-order chi connectivity index (χ1) is 12.2. The second kappa shape index (κ2) is 6.70. The van der Waals surface area contributed by atoms with Gasteiger partial charge in [-0.25, -0.2) is 16.8 Å². The summed E-state index contributed by atoms with van der Waals surface area (Å²) < 4.78 is 51.6. The highest BCUT2D eigenvalue weighted by Crippen LogP contribution is 2.31. The van der Waals surface area contributed by atoms with E-state index in [-0.39, 0.29) is 19.6 Å². The van der Waals surface area contributed by atoms with Gasteiger partial charge in [0.1, 0.15) is 0 Å². The maximum atomic E-state index is 12.9. The minimum absolute atomic E-state index is 0.119.